The van der Waals surface area contributed by atoms with E-state index in [0.717, 1.165) is 22.9 Å². The van der Waals surface area contributed by atoms with Crippen molar-refractivity contribution in [2.24, 2.45) is 5.10 Å². The van der Waals surface area contributed by atoms with E-state index in [1.807, 2.05) is 24.3 Å². The molecule has 0 aliphatic heterocycles. The number of halogens is 1. The number of carbonyl (C=O) groups is 2. The van der Waals surface area contributed by atoms with Crippen LogP contribution in [0.25, 0.3) is 0 Å². The average Bonchev–Trinajstić information content (AvgIpc) is 2.61. The first kappa shape index (κ1) is 21.4. The lowest BCUT2D eigenvalue weighted by atomic mass is 10.1. The Morgan fingerprint density at radius 1 is 1.04 bits per heavy atom. The predicted octanol–water partition coefficient (Wildman–Crippen LogP) is 4.16. The van der Waals surface area contributed by atoms with Crippen LogP contribution in [0.4, 0.5) is 0 Å². The Bertz CT molecular complexity index is 561. The first-order chi connectivity index (χ1) is 12.1. The topological polar surface area (TPSA) is 70.6 Å². The SMILES string of the molecule is CCCCCCCCCC(=O)NCC(=O)NN=Cc1ccccc1Br. The highest BCUT2D eigenvalue weighted by molar-refractivity contribution is 9.10. The fourth-order valence-electron chi connectivity index (χ4n) is 2.30. The molecular weight excluding hydrogens is 382 g/mol. The second kappa shape index (κ2) is 13.6. The second-order valence-electron chi connectivity index (χ2n) is 5.96. The lowest BCUT2D eigenvalue weighted by molar-refractivity contribution is -0.126. The molecule has 0 fully saturated rings. The molecule has 1 aromatic rings. The largest absolute Gasteiger partial charge is 0.347 e. The van der Waals surface area contributed by atoms with Crippen LogP contribution < -0.4 is 10.7 Å². The van der Waals surface area contributed by atoms with Gasteiger partial charge in [-0.15, -0.1) is 0 Å². The fraction of sp³-hybridized carbons (Fsp3) is 0.526. The quantitative estimate of drug-likeness (QED) is 0.309. The first-order valence-corrected chi connectivity index (χ1v) is 9.76. The Balaban J connectivity index is 2.09. The monoisotopic (exact) mass is 409 g/mol. The molecule has 0 bridgehead atoms. The van der Waals surface area contributed by atoms with E-state index in [2.05, 4.69) is 38.7 Å². The van der Waals surface area contributed by atoms with Crippen molar-refractivity contribution in [2.45, 2.75) is 58.3 Å². The van der Waals surface area contributed by atoms with Crippen LogP contribution in [-0.4, -0.2) is 24.6 Å². The van der Waals surface area contributed by atoms with Crippen LogP contribution in [0.15, 0.2) is 33.8 Å². The summed E-state index contributed by atoms with van der Waals surface area (Å²) in [5.74, 6) is -0.422. The minimum Gasteiger partial charge on any atom is -0.347 e. The van der Waals surface area contributed by atoms with Crippen molar-refractivity contribution in [1.82, 2.24) is 10.7 Å². The Morgan fingerprint density at radius 3 is 2.44 bits per heavy atom. The fourth-order valence-corrected chi connectivity index (χ4v) is 2.69. The molecule has 0 saturated heterocycles. The van der Waals surface area contributed by atoms with E-state index in [1.165, 1.54) is 32.1 Å². The van der Waals surface area contributed by atoms with Crippen molar-refractivity contribution < 1.29 is 9.59 Å². The van der Waals surface area contributed by atoms with E-state index < -0.39 is 0 Å². The summed E-state index contributed by atoms with van der Waals surface area (Å²) in [5, 5.41) is 6.50. The Labute approximate surface area is 158 Å². The van der Waals surface area contributed by atoms with E-state index in [1.54, 1.807) is 6.21 Å². The van der Waals surface area contributed by atoms with Crippen LogP contribution in [0.5, 0.6) is 0 Å². The van der Waals surface area contributed by atoms with Crippen LogP contribution >= 0.6 is 15.9 Å². The molecule has 0 heterocycles. The molecule has 2 N–H and O–H groups in total. The molecule has 0 aliphatic carbocycles. The molecule has 0 aliphatic rings. The Morgan fingerprint density at radius 2 is 1.72 bits per heavy atom. The number of hydrogen-bond acceptors (Lipinski definition) is 3. The van der Waals surface area contributed by atoms with Crippen molar-refractivity contribution >= 4 is 34.0 Å². The Kier molecular flexibility index (Phi) is 11.6. The number of hydrogen-bond donors (Lipinski definition) is 2. The highest BCUT2D eigenvalue weighted by Crippen LogP contribution is 2.13. The van der Waals surface area contributed by atoms with Crippen LogP contribution in [0.1, 0.15) is 63.9 Å². The zero-order valence-electron chi connectivity index (χ0n) is 14.9. The third-order valence-electron chi connectivity index (χ3n) is 3.75. The molecule has 138 valence electrons. The van der Waals surface area contributed by atoms with Crippen LogP contribution in [0, 0.1) is 0 Å². The molecule has 1 rings (SSSR count). The zero-order valence-corrected chi connectivity index (χ0v) is 16.5. The lowest BCUT2D eigenvalue weighted by Gasteiger charge is -2.04. The van der Waals surface area contributed by atoms with Gasteiger partial charge in [-0.1, -0.05) is 79.6 Å². The predicted molar refractivity (Wildman–Crippen MR) is 105 cm³/mol. The van der Waals surface area contributed by atoms with E-state index in [-0.39, 0.29) is 18.4 Å². The number of rotatable bonds is 12. The Hall–Kier alpha value is -1.69. The zero-order chi connectivity index (χ0) is 18.3. The van der Waals surface area contributed by atoms with E-state index >= 15 is 0 Å². The van der Waals surface area contributed by atoms with Gasteiger partial charge in [0.2, 0.25) is 5.91 Å². The summed E-state index contributed by atoms with van der Waals surface area (Å²) in [7, 11) is 0. The first-order valence-electron chi connectivity index (χ1n) is 8.96. The minimum atomic E-state index is -0.337. The van der Waals surface area contributed by atoms with Crippen LogP contribution in [0.3, 0.4) is 0 Å². The maximum atomic E-state index is 11.7. The summed E-state index contributed by atoms with van der Waals surface area (Å²) in [6.45, 7) is 2.15. The van der Waals surface area contributed by atoms with Gasteiger partial charge < -0.3 is 5.32 Å². The average molecular weight is 410 g/mol. The van der Waals surface area contributed by atoms with Crippen molar-refractivity contribution in [2.75, 3.05) is 6.54 Å². The molecule has 0 spiro atoms. The summed E-state index contributed by atoms with van der Waals surface area (Å²) in [4.78, 5) is 23.3. The number of hydrazone groups is 1. The molecule has 5 nitrogen and oxygen atoms in total. The molecule has 0 unspecified atom stereocenters. The number of benzene rings is 1. The summed E-state index contributed by atoms with van der Waals surface area (Å²) in [5.41, 5.74) is 3.27. The van der Waals surface area contributed by atoms with Gasteiger partial charge in [-0.2, -0.15) is 5.10 Å². The van der Waals surface area contributed by atoms with E-state index in [4.69, 9.17) is 0 Å². The van der Waals surface area contributed by atoms with Gasteiger partial charge in [0.1, 0.15) is 0 Å². The number of amides is 2. The van der Waals surface area contributed by atoms with Gasteiger partial charge in [0.25, 0.3) is 5.91 Å². The van der Waals surface area contributed by atoms with Gasteiger partial charge >= 0.3 is 0 Å². The van der Waals surface area contributed by atoms with Gasteiger partial charge in [0, 0.05) is 16.5 Å². The van der Waals surface area contributed by atoms with Crippen LogP contribution in [-0.2, 0) is 9.59 Å². The smallest absolute Gasteiger partial charge is 0.259 e. The molecule has 2 amide bonds. The number of carbonyl (C=O) groups excluding carboxylic acids is 2. The molecule has 0 saturated carbocycles. The number of nitrogens with zero attached hydrogens (tertiary/aromatic N) is 1. The van der Waals surface area contributed by atoms with Gasteiger partial charge in [-0.3, -0.25) is 9.59 Å². The molecule has 1 aromatic carbocycles. The van der Waals surface area contributed by atoms with Crippen LogP contribution in [0.2, 0.25) is 0 Å². The third-order valence-corrected chi connectivity index (χ3v) is 4.47. The minimum absolute atomic E-state index is 0.0529. The maximum absolute atomic E-state index is 11.7. The third kappa shape index (κ3) is 10.7. The number of unbranched alkanes of at least 4 members (excludes halogenated alkanes) is 6. The van der Waals surface area contributed by atoms with Gasteiger partial charge in [-0.05, 0) is 12.5 Å². The van der Waals surface area contributed by atoms with E-state index in [9.17, 15) is 9.59 Å². The van der Waals surface area contributed by atoms with E-state index in [0.29, 0.717) is 6.42 Å². The second-order valence-corrected chi connectivity index (χ2v) is 6.82. The normalized spacial score (nSPS) is 10.8. The van der Waals surface area contributed by atoms with Gasteiger partial charge in [-0.25, -0.2) is 5.43 Å². The molecular formula is C19H28BrN3O2. The maximum Gasteiger partial charge on any atom is 0.259 e. The summed E-state index contributed by atoms with van der Waals surface area (Å²) >= 11 is 3.40. The molecule has 0 radical (unpaired) electrons. The molecule has 25 heavy (non-hydrogen) atoms. The summed E-state index contributed by atoms with van der Waals surface area (Å²) in [6, 6.07) is 7.57. The van der Waals surface area contributed by atoms with Crippen molar-refractivity contribution in [3.8, 4) is 0 Å². The molecule has 0 aromatic heterocycles. The highest BCUT2D eigenvalue weighted by Gasteiger charge is 2.04. The molecule has 6 heteroatoms. The van der Waals surface area contributed by atoms with Gasteiger partial charge in [0.05, 0.1) is 12.8 Å². The number of nitrogens with one attached hydrogen (secondary N) is 2. The van der Waals surface area contributed by atoms with Crippen molar-refractivity contribution in [1.29, 1.82) is 0 Å². The van der Waals surface area contributed by atoms with Crippen molar-refractivity contribution in [3.05, 3.63) is 34.3 Å². The molecule has 0 atom stereocenters. The van der Waals surface area contributed by atoms with Crippen molar-refractivity contribution in [3.63, 3.8) is 0 Å². The standard InChI is InChI=1S/C19H28BrN3O2/c1-2-3-4-5-6-7-8-13-18(24)21-15-19(25)23-22-14-16-11-9-10-12-17(16)20/h9-12,14H,2-8,13,15H2,1H3,(H,21,24)(H,23,25). The lowest BCUT2D eigenvalue weighted by Crippen LogP contribution is -2.34. The summed E-state index contributed by atoms with van der Waals surface area (Å²) in [6.07, 6.45) is 10.2. The van der Waals surface area contributed by atoms with Gasteiger partial charge in [0.15, 0.2) is 0 Å². The highest BCUT2D eigenvalue weighted by atomic mass is 79.9. The summed E-state index contributed by atoms with van der Waals surface area (Å²) < 4.78 is 0.899.